The van der Waals surface area contributed by atoms with Crippen LogP contribution in [0.1, 0.15) is 35.7 Å². The Kier molecular flexibility index (Phi) is 6.89. The molecule has 0 aliphatic heterocycles. The van der Waals surface area contributed by atoms with Gasteiger partial charge in [0, 0.05) is 12.6 Å². The number of benzene rings is 3. The molecule has 5 aromatic rings. The third-order valence-electron chi connectivity index (χ3n) is 6.18. The van der Waals surface area contributed by atoms with Gasteiger partial charge in [0.2, 0.25) is 0 Å². The summed E-state index contributed by atoms with van der Waals surface area (Å²) >= 11 is 0. The smallest absolute Gasteiger partial charge is 0.257 e. The summed E-state index contributed by atoms with van der Waals surface area (Å²) in [6.07, 6.45) is 2.02. The molecule has 0 saturated heterocycles. The Bertz CT molecular complexity index is 1560. The fourth-order valence-electron chi connectivity index (χ4n) is 4.21. The first-order valence-corrected chi connectivity index (χ1v) is 12.3. The highest BCUT2D eigenvalue weighted by Gasteiger charge is 2.25. The molecule has 0 spiro atoms. The second kappa shape index (κ2) is 10.6. The van der Waals surface area contributed by atoms with Crippen LogP contribution in [0.5, 0.6) is 11.5 Å². The first-order valence-electron chi connectivity index (χ1n) is 12.3. The molecule has 0 unspecified atom stereocenters. The molecular weight excluding hydrogens is 466 g/mol. The van der Waals surface area contributed by atoms with Crippen molar-refractivity contribution in [1.82, 2.24) is 19.9 Å². The third-order valence-corrected chi connectivity index (χ3v) is 6.18. The summed E-state index contributed by atoms with van der Waals surface area (Å²) in [5, 5.41) is 2.98. The first-order chi connectivity index (χ1) is 18.1. The van der Waals surface area contributed by atoms with Gasteiger partial charge in [0.15, 0.2) is 5.65 Å². The van der Waals surface area contributed by atoms with E-state index in [1.807, 2.05) is 72.8 Å². The molecule has 0 radical (unpaired) electrons. The van der Waals surface area contributed by atoms with Crippen molar-refractivity contribution in [3.05, 3.63) is 83.9 Å². The van der Waals surface area contributed by atoms with Crippen LogP contribution < -0.4 is 20.5 Å². The van der Waals surface area contributed by atoms with Crippen molar-refractivity contribution in [2.45, 2.75) is 26.3 Å². The normalized spacial score (nSPS) is 11.1. The van der Waals surface area contributed by atoms with Gasteiger partial charge in [0.05, 0.1) is 30.4 Å². The number of carbonyl (C=O) groups excluding carboxylic acids is 1. The third kappa shape index (κ3) is 4.91. The van der Waals surface area contributed by atoms with Crippen LogP contribution in [0.4, 0.5) is 5.82 Å². The number of nitrogens with two attached hydrogens (primary N) is 1. The predicted molar refractivity (Wildman–Crippen MR) is 145 cm³/mol. The zero-order valence-electron chi connectivity index (χ0n) is 20.9. The highest BCUT2D eigenvalue weighted by atomic mass is 16.5. The molecule has 0 aliphatic carbocycles. The van der Waals surface area contributed by atoms with Crippen LogP contribution in [0.25, 0.3) is 27.9 Å². The second-order valence-corrected chi connectivity index (χ2v) is 8.71. The highest BCUT2D eigenvalue weighted by molar-refractivity contribution is 6.11. The topological polar surface area (TPSA) is 104 Å². The monoisotopic (exact) mass is 495 g/mol. The summed E-state index contributed by atoms with van der Waals surface area (Å²) < 4.78 is 12.9. The molecule has 8 nitrogen and oxygen atoms in total. The number of fused-ring (bicyclic) bond motifs is 2. The van der Waals surface area contributed by atoms with Crippen LogP contribution in [0.15, 0.2) is 72.8 Å². The van der Waals surface area contributed by atoms with Gasteiger partial charge >= 0.3 is 0 Å². The number of unbranched alkanes of at least 4 members (excludes halogenated alkanes) is 1. The van der Waals surface area contributed by atoms with E-state index in [0.717, 1.165) is 35.6 Å². The summed E-state index contributed by atoms with van der Waals surface area (Å²) in [7, 11) is 1.62. The lowest BCUT2D eigenvalue weighted by Crippen LogP contribution is -2.24. The number of hydrogen-bond donors (Lipinski definition) is 2. The van der Waals surface area contributed by atoms with Crippen LogP contribution in [0, 0.1) is 0 Å². The predicted octanol–water partition coefficient (Wildman–Crippen LogP) is 5.27. The van der Waals surface area contributed by atoms with Crippen LogP contribution in [0.2, 0.25) is 0 Å². The summed E-state index contributed by atoms with van der Waals surface area (Å²) in [4.78, 5) is 23.1. The average molecular weight is 496 g/mol. The first kappa shape index (κ1) is 24.1. The molecule has 0 atom stereocenters. The number of hydrogen-bond acceptors (Lipinski definition) is 6. The lowest BCUT2D eigenvalue weighted by Gasteiger charge is -2.11. The number of nitrogen functional groups attached to an aromatic ring is 1. The standard InChI is InChI=1S/C29H29N5O3/c1-3-4-16-37-22-9-7-8-20(17-22)34-27(30)25(26-28(34)33-24-11-6-5-10-23(24)32-26)29(35)31-18-19-12-14-21(36-2)15-13-19/h5-15,17H,3-4,16,18,30H2,1-2H3,(H,31,35). The van der Waals surface area contributed by atoms with Gasteiger partial charge in [-0.3, -0.25) is 9.36 Å². The number of nitrogens with zero attached hydrogens (tertiary/aromatic N) is 3. The largest absolute Gasteiger partial charge is 0.497 e. The van der Waals surface area contributed by atoms with E-state index in [1.54, 1.807) is 11.7 Å². The van der Waals surface area contributed by atoms with Crippen molar-refractivity contribution in [2.24, 2.45) is 0 Å². The minimum atomic E-state index is -0.322. The number of nitrogens with one attached hydrogen (secondary N) is 1. The Balaban J connectivity index is 1.57. The lowest BCUT2D eigenvalue weighted by molar-refractivity contribution is 0.0953. The number of carbonyl (C=O) groups is 1. The van der Waals surface area contributed by atoms with Crippen LogP contribution in [-0.2, 0) is 6.54 Å². The summed E-state index contributed by atoms with van der Waals surface area (Å²) in [6.45, 7) is 3.08. The highest BCUT2D eigenvalue weighted by Crippen LogP contribution is 2.32. The van der Waals surface area contributed by atoms with E-state index in [2.05, 4.69) is 12.2 Å². The maximum Gasteiger partial charge on any atom is 0.257 e. The molecule has 0 aliphatic rings. The van der Waals surface area contributed by atoms with E-state index in [1.165, 1.54) is 0 Å². The van der Waals surface area contributed by atoms with Gasteiger partial charge in [0.1, 0.15) is 28.4 Å². The number of methoxy groups -OCH3 is 1. The Morgan fingerprint density at radius 1 is 0.973 bits per heavy atom. The average Bonchev–Trinajstić information content (AvgIpc) is 3.21. The quantitative estimate of drug-likeness (QED) is 0.270. The number of anilines is 1. The summed E-state index contributed by atoms with van der Waals surface area (Å²) in [5.74, 6) is 1.43. The van der Waals surface area contributed by atoms with Gasteiger partial charge in [-0.2, -0.15) is 0 Å². The zero-order valence-corrected chi connectivity index (χ0v) is 20.9. The Morgan fingerprint density at radius 3 is 2.46 bits per heavy atom. The van der Waals surface area contributed by atoms with E-state index < -0.39 is 0 Å². The van der Waals surface area contributed by atoms with Gasteiger partial charge in [0.25, 0.3) is 5.91 Å². The minimum absolute atomic E-state index is 0.267. The fourth-order valence-corrected chi connectivity index (χ4v) is 4.21. The molecule has 2 heterocycles. The Morgan fingerprint density at radius 2 is 1.73 bits per heavy atom. The van der Waals surface area contributed by atoms with Crippen molar-refractivity contribution in [3.8, 4) is 17.2 Å². The lowest BCUT2D eigenvalue weighted by atomic mass is 10.2. The van der Waals surface area contributed by atoms with Gasteiger partial charge in [-0.15, -0.1) is 0 Å². The molecule has 0 saturated carbocycles. The molecule has 188 valence electrons. The molecule has 3 N–H and O–H groups in total. The van der Waals surface area contributed by atoms with Crippen molar-refractivity contribution in [2.75, 3.05) is 19.5 Å². The van der Waals surface area contributed by atoms with E-state index in [0.29, 0.717) is 40.9 Å². The molecule has 8 heteroatoms. The number of ether oxygens (including phenoxy) is 2. The fraction of sp³-hybridized carbons (Fsp3) is 0.207. The van der Waals surface area contributed by atoms with E-state index in [9.17, 15) is 4.79 Å². The van der Waals surface area contributed by atoms with Crippen LogP contribution in [0.3, 0.4) is 0 Å². The van der Waals surface area contributed by atoms with Crippen molar-refractivity contribution in [1.29, 1.82) is 0 Å². The molecule has 0 bridgehead atoms. The van der Waals surface area contributed by atoms with Gasteiger partial charge < -0.3 is 20.5 Å². The van der Waals surface area contributed by atoms with Crippen molar-refractivity contribution < 1.29 is 14.3 Å². The van der Waals surface area contributed by atoms with Gasteiger partial charge in [-0.05, 0) is 48.4 Å². The Hall–Kier alpha value is -4.59. The van der Waals surface area contributed by atoms with E-state index >= 15 is 0 Å². The number of para-hydroxylation sites is 2. The molecule has 5 rings (SSSR count). The Labute approximate surface area is 215 Å². The molecule has 1 amide bonds. The number of amides is 1. The molecule has 2 aromatic heterocycles. The molecule has 37 heavy (non-hydrogen) atoms. The number of aromatic nitrogens is 3. The maximum atomic E-state index is 13.5. The van der Waals surface area contributed by atoms with E-state index in [4.69, 9.17) is 25.2 Å². The maximum absolute atomic E-state index is 13.5. The van der Waals surface area contributed by atoms with Crippen molar-refractivity contribution in [3.63, 3.8) is 0 Å². The summed E-state index contributed by atoms with van der Waals surface area (Å²) in [5.41, 5.74) is 11.0. The molecule has 0 fully saturated rings. The van der Waals surface area contributed by atoms with Crippen molar-refractivity contribution >= 4 is 33.9 Å². The summed E-state index contributed by atoms with van der Waals surface area (Å²) in [6, 6.07) is 22.7. The van der Waals surface area contributed by atoms with Gasteiger partial charge in [-0.25, -0.2) is 9.97 Å². The van der Waals surface area contributed by atoms with E-state index in [-0.39, 0.29) is 11.7 Å². The van der Waals surface area contributed by atoms with Crippen LogP contribution >= 0.6 is 0 Å². The SMILES string of the molecule is CCCCOc1cccc(-n2c(N)c(C(=O)NCc3ccc(OC)cc3)c3nc4ccccc4nc32)c1. The zero-order chi connectivity index (χ0) is 25.8. The molecule has 3 aromatic carbocycles. The minimum Gasteiger partial charge on any atom is -0.497 e. The van der Waals surface area contributed by atoms with Crippen LogP contribution in [-0.4, -0.2) is 34.2 Å². The van der Waals surface area contributed by atoms with Gasteiger partial charge in [-0.1, -0.05) is 43.7 Å². The molecular formula is C29H29N5O3. The number of rotatable bonds is 9. The second-order valence-electron chi connectivity index (χ2n) is 8.71.